The molecule has 0 aromatic carbocycles. The van der Waals surface area contributed by atoms with Gasteiger partial charge in [0.05, 0.1) is 18.7 Å². The van der Waals surface area contributed by atoms with E-state index in [0.717, 1.165) is 24.4 Å². The Balaban J connectivity index is 1.81. The van der Waals surface area contributed by atoms with Crippen LogP contribution < -0.4 is 0 Å². The number of ether oxygens (including phenoxy) is 1. The van der Waals surface area contributed by atoms with E-state index in [-0.39, 0.29) is 5.97 Å². The Kier molecular flexibility index (Phi) is 17.3. The zero-order chi connectivity index (χ0) is 22.6. The van der Waals surface area contributed by atoms with Crippen LogP contribution in [0.25, 0.3) is 0 Å². The topological polar surface area (TPSA) is 44.1 Å². The smallest absolute Gasteiger partial charge is 0.307 e. The van der Waals surface area contributed by atoms with E-state index in [1.54, 1.807) is 0 Å². The van der Waals surface area contributed by atoms with E-state index in [1.165, 1.54) is 96.3 Å². The number of imidazole rings is 1. The van der Waals surface area contributed by atoms with Crippen molar-refractivity contribution in [1.82, 2.24) is 9.55 Å². The summed E-state index contributed by atoms with van der Waals surface area (Å²) in [7, 11) is 0. The Morgan fingerprint density at radius 1 is 0.806 bits per heavy atom. The van der Waals surface area contributed by atoms with Crippen LogP contribution in [0.1, 0.15) is 135 Å². The van der Waals surface area contributed by atoms with E-state index in [9.17, 15) is 4.79 Å². The second kappa shape index (κ2) is 19.4. The summed E-state index contributed by atoms with van der Waals surface area (Å²) in [5, 5.41) is 0. The number of hydrogen-bond donors (Lipinski definition) is 0. The molecule has 0 aliphatic rings. The number of carbonyl (C=O) groups excluding carboxylic acids is 1. The standard InChI is InChI=1S/C27H50N2O2/c1-4-6-7-8-9-10-11-12-13-14-15-16-17-18-19-20-23-31-27(30)21-22-29-24-25(3)28-26(29)5-2/h24H,4-23H2,1-3H3. The van der Waals surface area contributed by atoms with E-state index in [2.05, 4.69) is 23.4 Å². The lowest BCUT2D eigenvalue weighted by Gasteiger charge is -2.07. The molecule has 0 saturated carbocycles. The average Bonchev–Trinajstić information content (AvgIpc) is 3.14. The lowest BCUT2D eigenvalue weighted by molar-refractivity contribution is -0.144. The van der Waals surface area contributed by atoms with Gasteiger partial charge in [0.15, 0.2) is 0 Å². The first-order valence-electron chi connectivity index (χ1n) is 13.4. The van der Waals surface area contributed by atoms with Gasteiger partial charge in [0.25, 0.3) is 0 Å². The van der Waals surface area contributed by atoms with E-state index in [1.807, 2.05) is 13.1 Å². The normalized spacial score (nSPS) is 11.2. The van der Waals surface area contributed by atoms with Gasteiger partial charge in [0, 0.05) is 19.2 Å². The Morgan fingerprint density at radius 2 is 1.29 bits per heavy atom. The summed E-state index contributed by atoms with van der Waals surface area (Å²) < 4.78 is 7.47. The molecule has 0 fully saturated rings. The number of carbonyl (C=O) groups is 1. The summed E-state index contributed by atoms with van der Waals surface area (Å²) in [5.74, 6) is 0.956. The molecule has 0 radical (unpaired) electrons. The summed E-state index contributed by atoms with van der Waals surface area (Å²) in [6.45, 7) is 7.60. The van der Waals surface area contributed by atoms with Crippen LogP contribution in [0.4, 0.5) is 0 Å². The molecule has 0 aliphatic carbocycles. The van der Waals surface area contributed by atoms with E-state index in [4.69, 9.17) is 4.74 Å². The largest absolute Gasteiger partial charge is 0.466 e. The molecule has 0 atom stereocenters. The molecule has 1 aromatic rings. The molecule has 1 rings (SSSR count). The fourth-order valence-corrected chi connectivity index (χ4v) is 4.19. The molecule has 0 bridgehead atoms. The molecule has 0 amide bonds. The van der Waals surface area contributed by atoms with Crippen LogP contribution in [0.15, 0.2) is 6.20 Å². The van der Waals surface area contributed by atoms with Gasteiger partial charge in [-0.15, -0.1) is 0 Å². The van der Waals surface area contributed by atoms with Gasteiger partial charge in [-0.25, -0.2) is 4.98 Å². The lowest BCUT2D eigenvalue weighted by atomic mass is 10.0. The monoisotopic (exact) mass is 434 g/mol. The number of hydrogen-bond acceptors (Lipinski definition) is 3. The van der Waals surface area contributed by atoms with Crippen molar-refractivity contribution < 1.29 is 9.53 Å². The van der Waals surface area contributed by atoms with Crippen molar-refractivity contribution in [3.8, 4) is 0 Å². The summed E-state index contributed by atoms with van der Waals surface area (Å²) in [6, 6.07) is 0. The third-order valence-corrected chi connectivity index (χ3v) is 6.11. The number of esters is 1. The van der Waals surface area contributed by atoms with Crippen LogP contribution in [0, 0.1) is 6.92 Å². The van der Waals surface area contributed by atoms with Crippen molar-refractivity contribution in [2.24, 2.45) is 0 Å². The van der Waals surface area contributed by atoms with Crippen molar-refractivity contribution in [1.29, 1.82) is 0 Å². The van der Waals surface area contributed by atoms with Crippen molar-refractivity contribution in [2.75, 3.05) is 6.61 Å². The molecule has 1 heterocycles. The quantitative estimate of drug-likeness (QED) is 0.146. The van der Waals surface area contributed by atoms with Gasteiger partial charge in [-0.2, -0.15) is 0 Å². The summed E-state index contributed by atoms with van der Waals surface area (Å²) in [6.07, 6.45) is 25.1. The average molecular weight is 435 g/mol. The van der Waals surface area contributed by atoms with Gasteiger partial charge >= 0.3 is 5.97 Å². The first-order valence-corrected chi connectivity index (χ1v) is 13.4. The van der Waals surface area contributed by atoms with Crippen LogP contribution in [0.5, 0.6) is 0 Å². The molecule has 4 nitrogen and oxygen atoms in total. The van der Waals surface area contributed by atoms with Crippen LogP contribution in [-0.4, -0.2) is 22.1 Å². The Hall–Kier alpha value is -1.32. The van der Waals surface area contributed by atoms with Crippen LogP contribution in [0.3, 0.4) is 0 Å². The molecule has 0 spiro atoms. The van der Waals surface area contributed by atoms with Crippen LogP contribution in [0.2, 0.25) is 0 Å². The first-order chi connectivity index (χ1) is 15.2. The minimum Gasteiger partial charge on any atom is -0.466 e. The number of nitrogens with zero attached hydrogens (tertiary/aromatic N) is 2. The molecular weight excluding hydrogens is 384 g/mol. The maximum absolute atomic E-state index is 11.9. The third-order valence-electron chi connectivity index (χ3n) is 6.11. The van der Waals surface area contributed by atoms with Gasteiger partial charge < -0.3 is 9.30 Å². The summed E-state index contributed by atoms with van der Waals surface area (Å²) >= 11 is 0. The molecule has 4 heteroatoms. The molecule has 180 valence electrons. The lowest BCUT2D eigenvalue weighted by Crippen LogP contribution is -2.11. The zero-order valence-corrected chi connectivity index (χ0v) is 20.9. The molecule has 0 N–H and O–H groups in total. The second-order valence-corrected chi connectivity index (χ2v) is 9.12. The first kappa shape index (κ1) is 27.7. The minimum atomic E-state index is -0.0886. The number of aromatic nitrogens is 2. The van der Waals surface area contributed by atoms with Crippen molar-refractivity contribution in [3.05, 3.63) is 17.7 Å². The van der Waals surface area contributed by atoms with Gasteiger partial charge in [-0.05, 0) is 13.3 Å². The highest BCUT2D eigenvalue weighted by atomic mass is 16.5. The molecule has 31 heavy (non-hydrogen) atoms. The Labute approximate surface area is 192 Å². The van der Waals surface area contributed by atoms with Gasteiger partial charge in [-0.1, -0.05) is 110 Å². The van der Waals surface area contributed by atoms with E-state index >= 15 is 0 Å². The van der Waals surface area contributed by atoms with E-state index < -0.39 is 0 Å². The highest BCUT2D eigenvalue weighted by Gasteiger charge is 2.07. The van der Waals surface area contributed by atoms with Gasteiger partial charge in [-0.3, -0.25) is 4.79 Å². The molecule has 1 aromatic heterocycles. The molecule has 0 unspecified atom stereocenters. The molecule has 0 aliphatic heterocycles. The number of aryl methyl sites for hydroxylation is 3. The SMILES string of the molecule is CCCCCCCCCCCCCCCCCCOC(=O)CCn1cc(C)nc1CC. The summed E-state index contributed by atoms with van der Waals surface area (Å²) in [5.41, 5.74) is 1.01. The fourth-order valence-electron chi connectivity index (χ4n) is 4.19. The third kappa shape index (κ3) is 15.2. The predicted molar refractivity (Wildman–Crippen MR) is 131 cm³/mol. The van der Waals surface area contributed by atoms with Gasteiger partial charge in [0.2, 0.25) is 0 Å². The highest BCUT2D eigenvalue weighted by molar-refractivity contribution is 5.69. The summed E-state index contributed by atoms with van der Waals surface area (Å²) in [4.78, 5) is 16.4. The number of unbranched alkanes of at least 4 members (excludes halogenated alkanes) is 15. The molecule has 0 saturated heterocycles. The Morgan fingerprint density at radius 3 is 1.77 bits per heavy atom. The minimum absolute atomic E-state index is 0.0886. The van der Waals surface area contributed by atoms with Crippen molar-refractivity contribution in [2.45, 2.75) is 143 Å². The zero-order valence-electron chi connectivity index (χ0n) is 20.9. The van der Waals surface area contributed by atoms with Crippen molar-refractivity contribution in [3.63, 3.8) is 0 Å². The fraction of sp³-hybridized carbons (Fsp3) is 0.852. The van der Waals surface area contributed by atoms with Gasteiger partial charge in [0.1, 0.15) is 5.82 Å². The molecular formula is C27H50N2O2. The maximum atomic E-state index is 11.9. The van der Waals surface area contributed by atoms with E-state index in [0.29, 0.717) is 19.6 Å². The van der Waals surface area contributed by atoms with Crippen LogP contribution in [-0.2, 0) is 22.5 Å². The maximum Gasteiger partial charge on any atom is 0.307 e. The predicted octanol–water partition coefficient (Wildman–Crippen LogP) is 7.95. The number of rotatable bonds is 21. The highest BCUT2D eigenvalue weighted by Crippen LogP contribution is 2.14. The Bertz CT molecular complexity index is 553. The second-order valence-electron chi connectivity index (χ2n) is 9.12. The van der Waals surface area contributed by atoms with Crippen molar-refractivity contribution >= 4 is 5.97 Å². The van der Waals surface area contributed by atoms with Crippen LogP contribution >= 0.6 is 0 Å².